The molecule has 0 aromatic carbocycles. The van der Waals surface area contributed by atoms with Crippen molar-refractivity contribution in [2.24, 2.45) is 7.05 Å². The van der Waals surface area contributed by atoms with E-state index in [1.807, 2.05) is 22.0 Å². The monoisotopic (exact) mass is 309 g/mol. The SMILES string of the molecule is CCOC(=O)c1cn2cc(-c3csc(Cl)c3)nc2n1C. The van der Waals surface area contributed by atoms with Gasteiger partial charge in [0.25, 0.3) is 0 Å². The van der Waals surface area contributed by atoms with Crippen LogP contribution in [0.5, 0.6) is 0 Å². The Kier molecular flexibility index (Phi) is 3.27. The maximum Gasteiger partial charge on any atom is 0.356 e. The third-order valence-corrected chi connectivity index (χ3v) is 4.07. The molecule has 0 aliphatic carbocycles. The van der Waals surface area contributed by atoms with Crippen molar-refractivity contribution in [3.8, 4) is 11.3 Å². The molecule has 0 radical (unpaired) electrons. The Morgan fingerprint density at radius 1 is 1.50 bits per heavy atom. The summed E-state index contributed by atoms with van der Waals surface area (Å²) in [7, 11) is 1.79. The number of rotatable bonds is 3. The summed E-state index contributed by atoms with van der Waals surface area (Å²) in [5.41, 5.74) is 2.28. The molecule has 0 amide bonds. The highest BCUT2D eigenvalue weighted by molar-refractivity contribution is 7.14. The lowest BCUT2D eigenvalue weighted by Crippen LogP contribution is -2.09. The van der Waals surface area contributed by atoms with Gasteiger partial charge in [-0.2, -0.15) is 0 Å². The molecule has 104 valence electrons. The van der Waals surface area contributed by atoms with E-state index in [1.165, 1.54) is 11.3 Å². The van der Waals surface area contributed by atoms with Gasteiger partial charge in [-0.15, -0.1) is 11.3 Å². The molecular formula is C13H12ClN3O2S. The maximum absolute atomic E-state index is 11.8. The number of esters is 1. The fourth-order valence-electron chi connectivity index (χ4n) is 2.03. The number of hydrogen-bond donors (Lipinski definition) is 0. The fraction of sp³-hybridized carbons (Fsp3) is 0.231. The molecule has 0 atom stereocenters. The topological polar surface area (TPSA) is 48.5 Å². The Hall–Kier alpha value is -1.79. The molecule has 3 aromatic rings. The van der Waals surface area contributed by atoms with Crippen LogP contribution in [0.2, 0.25) is 4.34 Å². The first-order valence-electron chi connectivity index (χ1n) is 6.06. The van der Waals surface area contributed by atoms with E-state index in [9.17, 15) is 4.79 Å². The van der Waals surface area contributed by atoms with Crippen LogP contribution in [0, 0.1) is 0 Å². The van der Waals surface area contributed by atoms with Gasteiger partial charge in [0.1, 0.15) is 5.69 Å². The summed E-state index contributed by atoms with van der Waals surface area (Å²) < 4.78 is 9.27. The number of imidazole rings is 2. The molecule has 0 aliphatic rings. The van der Waals surface area contributed by atoms with Crippen LogP contribution < -0.4 is 0 Å². The first-order valence-corrected chi connectivity index (χ1v) is 7.32. The number of ether oxygens (including phenoxy) is 1. The molecule has 0 bridgehead atoms. The Bertz CT molecular complexity index is 787. The summed E-state index contributed by atoms with van der Waals surface area (Å²) in [4.78, 5) is 16.3. The fourth-order valence-corrected chi connectivity index (χ4v) is 2.91. The third kappa shape index (κ3) is 2.10. The number of carbonyl (C=O) groups is 1. The molecule has 3 aromatic heterocycles. The van der Waals surface area contributed by atoms with Gasteiger partial charge in [-0.25, -0.2) is 9.78 Å². The Labute approximate surface area is 124 Å². The van der Waals surface area contributed by atoms with Crippen molar-refractivity contribution in [1.29, 1.82) is 0 Å². The second-order valence-electron chi connectivity index (χ2n) is 4.27. The molecule has 0 unspecified atom stereocenters. The van der Waals surface area contributed by atoms with E-state index < -0.39 is 0 Å². The van der Waals surface area contributed by atoms with E-state index in [4.69, 9.17) is 16.3 Å². The first kappa shape index (κ1) is 13.2. The molecule has 0 spiro atoms. The van der Waals surface area contributed by atoms with Crippen LogP contribution in [-0.4, -0.2) is 26.5 Å². The highest BCUT2D eigenvalue weighted by atomic mass is 35.5. The van der Waals surface area contributed by atoms with Crippen molar-refractivity contribution in [3.05, 3.63) is 33.9 Å². The molecule has 5 nitrogen and oxygen atoms in total. The number of aryl methyl sites for hydroxylation is 1. The first-order chi connectivity index (χ1) is 9.60. The van der Waals surface area contributed by atoms with Crippen LogP contribution in [0.3, 0.4) is 0 Å². The number of halogens is 1. The van der Waals surface area contributed by atoms with Crippen LogP contribution in [0.1, 0.15) is 17.4 Å². The predicted molar refractivity (Wildman–Crippen MR) is 78.4 cm³/mol. The second-order valence-corrected chi connectivity index (χ2v) is 5.81. The molecule has 0 saturated heterocycles. The lowest BCUT2D eigenvalue weighted by molar-refractivity contribution is 0.0515. The van der Waals surface area contributed by atoms with Crippen LogP contribution in [-0.2, 0) is 11.8 Å². The summed E-state index contributed by atoms with van der Waals surface area (Å²) in [6, 6.07) is 1.88. The normalized spacial score (nSPS) is 11.2. The molecule has 3 rings (SSSR count). The summed E-state index contributed by atoms with van der Waals surface area (Å²) in [6.45, 7) is 2.13. The van der Waals surface area contributed by atoms with Crippen molar-refractivity contribution in [2.75, 3.05) is 6.61 Å². The molecular weight excluding hydrogens is 298 g/mol. The van der Waals surface area contributed by atoms with Gasteiger partial charge in [0, 0.05) is 30.4 Å². The minimum Gasteiger partial charge on any atom is -0.461 e. The average molecular weight is 310 g/mol. The van der Waals surface area contributed by atoms with Crippen LogP contribution >= 0.6 is 22.9 Å². The third-order valence-electron chi connectivity index (χ3n) is 2.98. The van der Waals surface area contributed by atoms with Gasteiger partial charge < -0.3 is 9.30 Å². The Morgan fingerprint density at radius 3 is 2.90 bits per heavy atom. The molecule has 0 saturated carbocycles. The zero-order chi connectivity index (χ0) is 14.3. The van der Waals surface area contributed by atoms with Crippen LogP contribution in [0.15, 0.2) is 23.8 Å². The number of nitrogens with zero attached hydrogens (tertiary/aromatic N) is 3. The van der Waals surface area contributed by atoms with E-state index in [0.29, 0.717) is 18.1 Å². The van der Waals surface area contributed by atoms with Crippen molar-refractivity contribution < 1.29 is 9.53 Å². The highest BCUT2D eigenvalue weighted by Crippen LogP contribution is 2.28. The van der Waals surface area contributed by atoms with Crippen molar-refractivity contribution in [3.63, 3.8) is 0 Å². The van der Waals surface area contributed by atoms with Gasteiger partial charge in [-0.1, -0.05) is 11.6 Å². The Morgan fingerprint density at radius 2 is 2.30 bits per heavy atom. The average Bonchev–Trinajstić information content (AvgIpc) is 3.06. The number of thiophene rings is 1. The summed E-state index contributed by atoms with van der Waals surface area (Å²) in [5, 5.41) is 1.95. The summed E-state index contributed by atoms with van der Waals surface area (Å²) >= 11 is 7.40. The van der Waals surface area contributed by atoms with Crippen LogP contribution in [0.25, 0.3) is 17.0 Å². The molecule has 7 heteroatoms. The lowest BCUT2D eigenvalue weighted by Gasteiger charge is -2.01. The van der Waals surface area contributed by atoms with Crippen molar-refractivity contribution in [1.82, 2.24) is 14.0 Å². The van der Waals surface area contributed by atoms with E-state index in [1.54, 1.807) is 24.7 Å². The Balaban J connectivity index is 2.04. The minimum absolute atomic E-state index is 0.347. The van der Waals surface area contributed by atoms with Crippen molar-refractivity contribution in [2.45, 2.75) is 6.92 Å². The largest absolute Gasteiger partial charge is 0.461 e. The van der Waals surface area contributed by atoms with E-state index >= 15 is 0 Å². The summed E-state index contributed by atoms with van der Waals surface area (Å²) in [5.74, 6) is 0.339. The van der Waals surface area contributed by atoms with E-state index in [0.717, 1.165) is 15.6 Å². The smallest absolute Gasteiger partial charge is 0.356 e. The number of aromatic nitrogens is 3. The highest BCUT2D eigenvalue weighted by Gasteiger charge is 2.17. The molecule has 0 fully saturated rings. The summed E-state index contributed by atoms with van der Waals surface area (Å²) in [6.07, 6.45) is 3.59. The zero-order valence-electron chi connectivity index (χ0n) is 11.0. The van der Waals surface area contributed by atoms with Gasteiger partial charge >= 0.3 is 5.97 Å². The van der Waals surface area contributed by atoms with Gasteiger partial charge in [-0.3, -0.25) is 4.40 Å². The van der Waals surface area contributed by atoms with Gasteiger partial charge in [0.05, 0.1) is 16.6 Å². The molecule has 20 heavy (non-hydrogen) atoms. The lowest BCUT2D eigenvalue weighted by atomic mass is 10.3. The number of fused-ring (bicyclic) bond motifs is 1. The van der Waals surface area contributed by atoms with Gasteiger partial charge in [0.2, 0.25) is 5.78 Å². The number of hydrogen-bond acceptors (Lipinski definition) is 4. The maximum atomic E-state index is 11.8. The van der Waals surface area contributed by atoms with Gasteiger partial charge in [0.15, 0.2) is 0 Å². The number of carbonyl (C=O) groups excluding carboxylic acids is 1. The zero-order valence-corrected chi connectivity index (χ0v) is 12.5. The second kappa shape index (κ2) is 4.96. The van der Waals surface area contributed by atoms with Crippen LogP contribution in [0.4, 0.5) is 0 Å². The van der Waals surface area contributed by atoms with Gasteiger partial charge in [-0.05, 0) is 13.0 Å². The molecule has 0 aliphatic heterocycles. The minimum atomic E-state index is -0.347. The standard InChI is InChI=1S/C13H12ClN3O2S/c1-3-19-12(18)10-6-17-5-9(15-13(17)16(10)2)8-4-11(14)20-7-8/h4-7H,3H2,1-2H3. The quantitative estimate of drug-likeness (QED) is 0.698. The molecule has 3 heterocycles. The van der Waals surface area contributed by atoms with E-state index in [2.05, 4.69) is 4.98 Å². The van der Waals surface area contributed by atoms with E-state index in [-0.39, 0.29) is 5.97 Å². The van der Waals surface area contributed by atoms with Crippen molar-refractivity contribution >= 4 is 34.7 Å². The predicted octanol–water partition coefficient (Wildman–Crippen LogP) is 3.23. The molecule has 0 N–H and O–H groups in total.